The third-order valence-electron chi connectivity index (χ3n) is 5.80. The van der Waals surface area contributed by atoms with Crippen molar-refractivity contribution in [2.24, 2.45) is 0 Å². The lowest BCUT2D eigenvalue weighted by Crippen LogP contribution is -2.73. The summed E-state index contributed by atoms with van der Waals surface area (Å²) >= 11 is -0.558. The molecule has 2 aliphatic heterocycles. The quantitative estimate of drug-likeness (QED) is 0.453. The van der Waals surface area contributed by atoms with E-state index in [2.05, 4.69) is 25.7 Å². The zero-order chi connectivity index (χ0) is 26.5. The maximum absolute atomic E-state index is 13.2. The number of rotatable bonds is 5. The first kappa shape index (κ1) is 25.0. The van der Waals surface area contributed by atoms with Crippen molar-refractivity contribution < 1.29 is 27.3 Å². The molecule has 2 aliphatic rings. The molecule has 2 amide bonds. The van der Waals surface area contributed by atoms with Gasteiger partial charge in [0.15, 0.2) is 28.2 Å². The van der Waals surface area contributed by atoms with Gasteiger partial charge in [0, 0.05) is 31.1 Å². The Morgan fingerprint density at radius 2 is 2.16 bits per heavy atom. The number of halogens is 3. The summed E-state index contributed by atoms with van der Waals surface area (Å²) in [5.74, 6) is -1.13. The lowest BCUT2D eigenvalue weighted by Gasteiger charge is -2.51. The first-order valence-electron chi connectivity index (χ1n) is 10.7. The van der Waals surface area contributed by atoms with E-state index in [4.69, 9.17) is 5.26 Å². The van der Waals surface area contributed by atoms with Crippen LogP contribution in [0.2, 0.25) is 0 Å². The number of nitrogens with zero attached hydrogens (tertiary/aromatic N) is 6. The van der Waals surface area contributed by atoms with E-state index in [0.717, 1.165) is 16.7 Å². The van der Waals surface area contributed by atoms with Gasteiger partial charge in [0.1, 0.15) is 11.6 Å². The highest BCUT2D eigenvalue weighted by molar-refractivity contribution is 7.91. The van der Waals surface area contributed by atoms with Gasteiger partial charge in [-0.25, -0.2) is 9.97 Å². The molecule has 37 heavy (non-hydrogen) atoms. The largest absolute Gasteiger partial charge is 0.616 e. The van der Waals surface area contributed by atoms with E-state index in [0.29, 0.717) is 11.3 Å². The van der Waals surface area contributed by atoms with Crippen LogP contribution < -0.4 is 15.5 Å². The fourth-order valence-corrected chi connectivity index (χ4v) is 5.53. The van der Waals surface area contributed by atoms with E-state index < -0.39 is 40.4 Å². The Morgan fingerprint density at radius 1 is 1.41 bits per heavy atom. The molecule has 1 atom stereocenters. The number of alkyl halides is 3. The Balaban J connectivity index is 1.44. The molecule has 1 saturated heterocycles. The molecular weight excluding hydrogens is 533 g/mol. The average molecular weight is 551 g/mol. The standard InChI is InChI=1S/C21H17F3N8O3S2/c1-37(35)8-15(33)28-17-16-12(30-32(17)14-3-2-11(5-25)6-26-14)4-20(29-18(16)34)9-31(10-20)19-27-13(7-36-19)21(22,23)24/h2-3,6-7H,4,8-10H2,1H3,(H,28,33)(H,29,34). The number of nitriles is 1. The van der Waals surface area contributed by atoms with Crippen molar-refractivity contribution in [2.75, 3.05) is 35.3 Å². The molecule has 0 aliphatic carbocycles. The summed E-state index contributed by atoms with van der Waals surface area (Å²) in [7, 11) is 0. The average Bonchev–Trinajstić information content (AvgIpc) is 3.42. The summed E-state index contributed by atoms with van der Waals surface area (Å²) < 4.78 is 51.6. The molecule has 16 heteroatoms. The number of amides is 2. The lowest BCUT2D eigenvalue weighted by atomic mass is 9.81. The Bertz CT molecular complexity index is 1420. The fourth-order valence-electron chi connectivity index (χ4n) is 4.26. The van der Waals surface area contributed by atoms with Gasteiger partial charge in [-0.1, -0.05) is 0 Å². The van der Waals surface area contributed by atoms with Gasteiger partial charge in [-0.3, -0.25) is 9.59 Å². The Labute approximate surface area is 214 Å². The van der Waals surface area contributed by atoms with Crippen molar-refractivity contribution in [1.82, 2.24) is 25.1 Å². The molecule has 3 aromatic rings. The molecule has 2 N–H and O–H groups in total. The predicted molar refractivity (Wildman–Crippen MR) is 127 cm³/mol. The van der Waals surface area contributed by atoms with Crippen LogP contribution in [0.1, 0.15) is 27.3 Å². The second kappa shape index (κ2) is 9.01. The van der Waals surface area contributed by atoms with Crippen LogP contribution in [0.5, 0.6) is 0 Å². The van der Waals surface area contributed by atoms with Crippen molar-refractivity contribution >= 4 is 45.3 Å². The summed E-state index contributed by atoms with van der Waals surface area (Å²) in [6.07, 6.45) is -1.61. The van der Waals surface area contributed by atoms with Crippen LogP contribution in [0.15, 0.2) is 23.7 Å². The van der Waals surface area contributed by atoms with Gasteiger partial charge in [-0.05, 0) is 23.3 Å². The predicted octanol–water partition coefficient (Wildman–Crippen LogP) is 1.48. The van der Waals surface area contributed by atoms with Crippen LogP contribution >= 0.6 is 11.3 Å². The van der Waals surface area contributed by atoms with Crippen LogP contribution in [0.4, 0.5) is 24.1 Å². The summed E-state index contributed by atoms with van der Waals surface area (Å²) in [5, 5.41) is 20.2. The number of pyridine rings is 1. The van der Waals surface area contributed by atoms with Crippen molar-refractivity contribution in [1.29, 1.82) is 5.26 Å². The van der Waals surface area contributed by atoms with Crippen LogP contribution in [0, 0.1) is 11.3 Å². The first-order chi connectivity index (χ1) is 17.5. The number of fused-ring (bicyclic) bond motifs is 1. The van der Waals surface area contributed by atoms with Crippen molar-refractivity contribution in [3.05, 3.63) is 46.2 Å². The molecule has 192 valence electrons. The van der Waals surface area contributed by atoms with E-state index >= 15 is 0 Å². The molecule has 0 radical (unpaired) electrons. The van der Waals surface area contributed by atoms with Crippen molar-refractivity contribution in [2.45, 2.75) is 18.1 Å². The third-order valence-corrected chi connectivity index (χ3v) is 7.37. The maximum Gasteiger partial charge on any atom is 0.434 e. The van der Waals surface area contributed by atoms with Gasteiger partial charge >= 0.3 is 6.18 Å². The summed E-state index contributed by atoms with van der Waals surface area (Å²) in [4.78, 5) is 35.1. The van der Waals surface area contributed by atoms with Crippen molar-refractivity contribution in [3.8, 4) is 11.9 Å². The zero-order valence-electron chi connectivity index (χ0n) is 19.0. The van der Waals surface area contributed by atoms with Crippen LogP contribution in [0.25, 0.3) is 5.82 Å². The van der Waals surface area contributed by atoms with Crippen LogP contribution in [-0.2, 0) is 28.6 Å². The molecule has 3 aromatic heterocycles. The number of hydrogen-bond acceptors (Lipinski definition) is 9. The van der Waals surface area contributed by atoms with Gasteiger partial charge in [0.05, 0.1) is 23.1 Å². The molecule has 5 rings (SSSR count). The normalized spacial score (nSPS) is 17.0. The molecule has 1 unspecified atom stereocenters. The highest BCUT2D eigenvalue weighted by atomic mass is 32.2. The van der Waals surface area contributed by atoms with Gasteiger partial charge in [0.2, 0.25) is 0 Å². The maximum atomic E-state index is 13.2. The zero-order valence-corrected chi connectivity index (χ0v) is 20.6. The second-order valence-corrected chi connectivity index (χ2v) is 10.9. The number of aromatic nitrogens is 4. The van der Waals surface area contributed by atoms with Gasteiger partial charge in [-0.15, -0.1) is 11.3 Å². The molecule has 1 fully saturated rings. The number of carbonyl (C=O) groups excluding carboxylic acids is 2. The number of hydrogen-bond donors (Lipinski definition) is 2. The number of carbonyl (C=O) groups is 2. The van der Waals surface area contributed by atoms with Gasteiger partial charge in [0.25, 0.3) is 11.8 Å². The Kier molecular flexibility index (Phi) is 6.09. The van der Waals surface area contributed by atoms with E-state index in [1.165, 1.54) is 29.3 Å². The lowest BCUT2D eigenvalue weighted by molar-refractivity contribution is -0.140. The highest BCUT2D eigenvalue weighted by Gasteiger charge is 2.51. The van der Waals surface area contributed by atoms with Crippen molar-refractivity contribution in [3.63, 3.8) is 0 Å². The monoisotopic (exact) mass is 550 g/mol. The van der Waals surface area contributed by atoms with E-state index in [9.17, 15) is 27.3 Å². The van der Waals surface area contributed by atoms with Crippen LogP contribution in [0.3, 0.4) is 0 Å². The minimum absolute atomic E-state index is 0.0425. The molecule has 0 bridgehead atoms. The summed E-state index contributed by atoms with van der Waals surface area (Å²) in [5.41, 5.74) is -0.977. The highest BCUT2D eigenvalue weighted by Crippen LogP contribution is 2.39. The summed E-state index contributed by atoms with van der Waals surface area (Å²) in [6, 6.07) is 4.96. The van der Waals surface area contributed by atoms with Gasteiger partial charge < -0.3 is 20.1 Å². The van der Waals surface area contributed by atoms with E-state index in [-0.39, 0.29) is 47.6 Å². The molecule has 11 nitrogen and oxygen atoms in total. The summed E-state index contributed by atoms with van der Waals surface area (Å²) in [6.45, 7) is 0.447. The number of anilines is 2. The minimum atomic E-state index is -4.54. The third kappa shape index (κ3) is 4.72. The Morgan fingerprint density at radius 3 is 2.76 bits per heavy atom. The topological polar surface area (TPSA) is 152 Å². The second-order valence-electron chi connectivity index (χ2n) is 8.65. The molecule has 5 heterocycles. The van der Waals surface area contributed by atoms with E-state index in [1.807, 2.05) is 6.07 Å². The fraction of sp³-hybridized carbons (Fsp3) is 0.333. The molecule has 0 aromatic carbocycles. The number of nitrogens with one attached hydrogen (secondary N) is 2. The molecular formula is C21H17F3N8O3S2. The molecule has 1 spiro atoms. The smallest absolute Gasteiger partial charge is 0.434 e. The van der Waals surface area contributed by atoms with Crippen LogP contribution in [-0.4, -0.2) is 66.8 Å². The Hall–Kier alpha value is -3.68. The number of thiazole rings is 1. The molecule has 0 saturated carbocycles. The minimum Gasteiger partial charge on any atom is -0.616 e. The van der Waals surface area contributed by atoms with E-state index in [1.54, 1.807) is 4.90 Å². The first-order valence-corrected chi connectivity index (χ1v) is 13.3. The van der Waals surface area contributed by atoms with Gasteiger partial charge in [-0.2, -0.15) is 28.2 Å². The SMILES string of the molecule is C[S+]([O-])CC(=O)Nc1c2c(nn1-c1ccc(C#N)cn1)CC1(CN(c3nc(C(F)(F)F)cs3)C1)NC2=O.